The van der Waals surface area contributed by atoms with Crippen molar-refractivity contribution in [2.75, 3.05) is 13.2 Å². The Morgan fingerprint density at radius 1 is 0.643 bits per heavy atom. The third-order valence-corrected chi connectivity index (χ3v) is 11.9. The minimum Gasteiger partial charge on any atom is -0.490 e. The van der Waals surface area contributed by atoms with Crippen LogP contribution in [0, 0.1) is 22.7 Å². The van der Waals surface area contributed by atoms with Crippen molar-refractivity contribution >= 4 is 33.5 Å². The summed E-state index contributed by atoms with van der Waals surface area (Å²) in [5.74, 6) is 2.58. The molecule has 2 N–H and O–H groups in total. The maximum atomic E-state index is 11.5. The van der Waals surface area contributed by atoms with E-state index in [4.69, 9.17) is 19.3 Å². The first-order valence-corrected chi connectivity index (χ1v) is 21.1. The molecule has 0 radical (unpaired) electrons. The number of esters is 1. The highest BCUT2D eigenvalue weighted by molar-refractivity contribution is 5.85. The Morgan fingerprint density at radius 3 is 1.55 bits per heavy atom. The molecular weight excluding hydrogens is 699 g/mol. The summed E-state index contributed by atoms with van der Waals surface area (Å²) in [7, 11) is 0. The third-order valence-electron chi connectivity index (χ3n) is 11.9. The molecule has 304 valence electrons. The predicted octanol–water partition coefficient (Wildman–Crippen LogP) is 11.7. The van der Waals surface area contributed by atoms with Crippen molar-refractivity contribution in [3.63, 3.8) is 0 Å². The quantitative estimate of drug-likeness (QED) is 0.131. The second-order valence-electron chi connectivity index (χ2n) is 18.3. The van der Waals surface area contributed by atoms with Crippen molar-refractivity contribution in [3.05, 3.63) is 83.9 Å². The minimum absolute atomic E-state index is 0.0255. The Hall–Kier alpha value is -4.10. The van der Waals surface area contributed by atoms with Crippen LogP contribution in [0.4, 0.5) is 0 Å². The second kappa shape index (κ2) is 19.9. The molecule has 0 saturated heterocycles. The average molecular weight is 766 g/mol. The summed E-state index contributed by atoms with van der Waals surface area (Å²) in [6, 6.07) is 25.4. The van der Waals surface area contributed by atoms with E-state index in [1.54, 1.807) is 0 Å². The number of hydrogen-bond donors (Lipinski definition) is 2. The van der Waals surface area contributed by atoms with Gasteiger partial charge >= 0.3 is 11.9 Å². The highest BCUT2D eigenvalue weighted by atomic mass is 16.5. The molecule has 0 aromatic heterocycles. The van der Waals surface area contributed by atoms with Gasteiger partial charge in [0.2, 0.25) is 0 Å². The number of aliphatic carboxylic acids is 1. The number of carbonyl (C=O) groups is 2. The Balaban J connectivity index is 0.000000215. The third kappa shape index (κ3) is 13.2. The number of carboxylic acids is 1. The predicted molar refractivity (Wildman–Crippen MR) is 228 cm³/mol. The molecule has 0 spiro atoms. The van der Waals surface area contributed by atoms with Crippen molar-refractivity contribution in [2.24, 2.45) is 22.7 Å². The van der Waals surface area contributed by atoms with Crippen LogP contribution in [0.15, 0.2) is 72.8 Å². The van der Waals surface area contributed by atoms with Gasteiger partial charge in [-0.25, -0.2) is 0 Å². The van der Waals surface area contributed by atoms with Crippen molar-refractivity contribution in [1.29, 1.82) is 0 Å². The summed E-state index contributed by atoms with van der Waals surface area (Å²) in [5, 5.41) is 16.4. The fraction of sp³-hybridized carbons (Fsp3) is 0.551. The molecular formula is C49H67NO6. The number of nitrogens with one attached hydrogen (secondary N) is 1. The summed E-state index contributed by atoms with van der Waals surface area (Å²) < 4.78 is 17.6. The molecule has 0 bridgehead atoms. The monoisotopic (exact) mass is 765 g/mol. The zero-order valence-corrected chi connectivity index (χ0v) is 35.1. The van der Waals surface area contributed by atoms with E-state index in [1.807, 2.05) is 19.1 Å². The van der Waals surface area contributed by atoms with Crippen LogP contribution in [0.25, 0.3) is 21.5 Å². The van der Waals surface area contributed by atoms with Crippen LogP contribution in [0.2, 0.25) is 0 Å². The van der Waals surface area contributed by atoms with E-state index in [1.165, 1.54) is 42.0 Å². The topological polar surface area (TPSA) is 94.1 Å². The van der Waals surface area contributed by atoms with Crippen LogP contribution in [0.1, 0.15) is 124 Å². The van der Waals surface area contributed by atoms with E-state index < -0.39 is 5.97 Å². The van der Waals surface area contributed by atoms with Crippen molar-refractivity contribution < 1.29 is 28.9 Å². The van der Waals surface area contributed by atoms with Gasteiger partial charge in [-0.15, -0.1) is 0 Å². The highest BCUT2D eigenvalue weighted by Gasteiger charge is 2.31. The van der Waals surface area contributed by atoms with Crippen molar-refractivity contribution in [1.82, 2.24) is 5.32 Å². The summed E-state index contributed by atoms with van der Waals surface area (Å²) in [4.78, 5) is 22.1. The lowest BCUT2D eigenvalue weighted by Crippen LogP contribution is -2.30. The van der Waals surface area contributed by atoms with Gasteiger partial charge in [0.1, 0.15) is 11.5 Å². The Morgan fingerprint density at radius 2 is 1.09 bits per heavy atom. The van der Waals surface area contributed by atoms with Gasteiger partial charge in [0, 0.05) is 13.0 Å². The molecule has 0 aliphatic heterocycles. The number of benzene rings is 4. The lowest BCUT2D eigenvalue weighted by Gasteiger charge is -2.37. The van der Waals surface area contributed by atoms with Gasteiger partial charge in [0.15, 0.2) is 0 Å². The number of fused-ring (bicyclic) bond motifs is 2. The van der Waals surface area contributed by atoms with Crippen LogP contribution in [-0.4, -0.2) is 42.4 Å². The smallest absolute Gasteiger partial charge is 0.317 e. The zero-order valence-electron chi connectivity index (χ0n) is 35.1. The van der Waals surface area contributed by atoms with Crippen LogP contribution < -0.4 is 14.8 Å². The summed E-state index contributed by atoms with van der Waals surface area (Å²) >= 11 is 0. The van der Waals surface area contributed by atoms with E-state index in [-0.39, 0.29) is 12.5 Å². The first-order valence-electron chi connectivity index (χ1n) is 21.1. The van der Waals surface area contributed by atoms with E-state index in [2.05, 4.69) is 108 Å². The molecule has 4 aromatic rings. The molecule has 0 amide bonds. The highest BCUT2D eigenvalue weighted by Crippen LogP contribution is 2.40. The lowest BCUT2D eigenvalue weighted by molar-refractivity contribution is -0.143. The molecule has 2 aliphatic carbocycles. The van der Waals surface area contributed by atoms with Crippen LogP contribution >= 0.6 is 0 Å². The minimum atomic E-state index is -0.839. The molecule has 4 aromatic carbocycles. The standard InChI is InChI=1S/C26H36O3.C23H31NO3/c1-5-28-25(27)8-6-7-19-9-10-21-18-24(14-11-20(21)17-19)29-23-15-12-22(13-16-23)26(2,3)4;1-23(2,3)19-7-10-20(11-8-19)27-21-9-6-17-12-16(4-5-18(17)13-21)14-24-15-22(25)26/h9-11,14,17-18,22-23H,5-8,12-13,15-16H2,1-4H3;4-6,9,12-13,19-20,24H,7-8,10-11,14-15H2,1-3H3,(H,25,26). The fourth-order valence-corrected chi connectivity index (χ4v) is 8.42. The molecule has 2 fully saturated rings. The number of aryl methyl sites for hydroxylation is 1. The van der Waals surface area contributed by atoms with Gasteiger partial charge in [-0.05, 0) is 157 Å². The van der Waals surface area contributed by atoms with Gasteiger partial charge in [0.25, 0.3) is 0 Å². The number of carbonyl (C=O) groups excluding carboxylic acids is 1. The van der Waals surface area contributed by atoms with E-state index in [9.17, 15) is 9.59 Å². The summed E-state index contributed by atoms with van der Waals surface area (Å²) in [6.45, 7) is 16.9. The van der Waals surface area contributed by atoms with Crippen LogP contribution in [0.3, 0.4) is 0 Å². The largest absolute Gasteiger partial charge is 0.490 e. The van der Waals surface area contributed by atoms with E-state index >= 15 is 0 Å². The molecule has 0 heterocycles. The molecule has 7 nitrogen and oxygen atoms in total. The number of carboxylic acid groups (broad SMARTS) is 1. The number of rotatable bonds is 13. The molecule has 0 unspecified atom stereocenters. The Bertz CT molecular complexity index is 1870. The first-order chi connectivity index (χ1) is 26.7. The van der Waals surface area contributed by atoms with Gasteiger partial charge in [0.05, 0.1) is 25.4 Å². The van der Waals surface area contributed by atoms with Crippen molar-refractivity contribution in [2.45, 2.75) is 138 Å². The maximum Gasteiger partial charge on any atom is 0.317 e. The average Bonchev–Trinajstić information content (AvgIpc) is 3.15. The first kappa shape index (κ1) is 43.0. The summed E-state index contributed by atoms with van der Waals surface area (Å²) in [6.07, 6.45) is 12.4. The molecule has 56 heavy (non-hydrogen) atoms. The van der Waals surface area contributed by atoms with Gasteiger partial charge in [-0.2, -0.15) is 0 Å². The Labute approximate surface area is 335 Å². The van der Waals surface area contributed by atoms with E-state index in [0.29, 0.717) is 42.6 Å². The number of ether oxygens (including phenoxy) is 3. The lowest BCUT2D eigenvalue weighted by atomic mass is 9.72. The fourth-order valence-electron chi connectivity index (χ4n) is 8.42. The van der Waals surface area contributed by atoms with E-state index in [0.717, 1.165) is 78.2 Å². The summed E-state index contributed by atoms with van der Waals surface area (Å²) in [5.41, 5.74) is 3.14. The normalized spacial score (nSPS) is 20.2. The SMILES string of the molecule is CC(C)(C)C1CCC(Oc2ccc3cc(CNCC(=O)O)ccc3c2)CC1.CCOC(=O)CCCc1ccc2cc(OC3CCC(C(C)(C)C)CC3)ccc2c1. The Kier molecular flexibility index (Phi) is 15.3. The second-order valence-corrected chi connectivity index (χ2v) is 18.3. The van der Waals surface area contributed by atoms with Gasteiger partial charge in [-0.3, -0.25) is 9.59 Å². The zero-order chi connectivity index (χ0) is 40.3. The van der Waals surface area contributed by atoms with Crippen molar-refractivity contribution in [3.8, 4) is 11.5 Å². The molecule has 6 rings (SSSR count). The van der Waals surface area contributed by atoms with Gasteiger partial charge < -0.3 is 24.6 Å². The van der Waals surface area contributed by atoms with Gasteiger partial charge in [-0.1, -0.05) is 84.0 Å². The number of hydrogen-bond acceptors (Lipinski definition) is 6. The van der Waals surface area contributed by atoms with Crippen LogP contribution in [0.5, 0.6) is 11.5 Å². The molecule has 2 saturated carbocycles. The van der Waals surface area contributed by atoms with Crippen LogP contribution in [-0.2, 0) is 27.3 Å². The molecule has 2 aliphatic rings. The molecule has 0 atom stereocenters. The molecule has 7 heteroatoms. The maximum absolute atomic E-state index is 11.5.